The number of nitrogens with zero attached hydrogens (tertiary/aromatic N) is 2. The van der Waals surface area contributed by atoms with Crippen LogP contribution in [0.4, 0.5) is 0 Å². The summed E-state index contributed by atoms with van der Waals surface area (Å²) in [5, 5.41) is 17.4. The van der Waals surface area contributed by atoms with E-state index in [0.717, 1.165) is 28.9 Å². The number of aliphatic carboxylic acids is 1. The zero-order valence-electron chi connectivity index (χ0n) is 16.9. The largest absolute Gasteiger partial charge is 0.481 e. The van der Waals surface area contributed by atoms with Crippen molar-refractivity contribution in [1.29, 1.82) is 0 Å². The lowest BCUT2D eigenvalue weighted by atomic mass is 9.82. The number of carbonyl (C=O) groups is 2. The maximum atomic E-state index is 13.0. The summed E-state index contributed by atoms with van der Waals surface area (Å²) in [6.45, 7) is 0.292. The van der Waals surface area contributed by atoms with E-state index in [1.807, 2.05) is 83.7 Å². The Balaban J connectivity index is 1.41. The third kappa shape index (κ3) is 3.54. The van der Waals surface area contributed by atoms with E-state index in [2.05, 4.69) is 5.32 Å². The summed E-state index contributed by atoms with van der Waals surface area (Å²) in [5.41, 5.74) is 3.58. The molecule has 5 rings (SSSR count). The van der Waals surface area contributed by atoms with Crippen LogP contribution in [0.25, 0.3) is 16.9 Å². The molecule has 31 heavy (non-hydrogen) atoms. The molecule has 3 aromatic rings. The molecule has 1 amide bonds. The van der Waals surface area contributed by atoms with Crippen LogP contribution < -0.4 is 5.32 Å². The van der Waals surface area contributed by atoms with Crippen molar-refractivity contribution in [3.63, 3.8) is 0 Å². The number of para-hydroxylation sites is 1. The average Bonchev–Trinajstić information content (AvgIpc) is 3.53. The van der Waals surface area contributed by atoms with Crippen molar-refractivity contribution >= 4 is 11.9 Å². The van der Waals surface area contributed by atoms with Crippen LogP contribution in [0.1, 0.15) is 12.0 Å². The van der Waals surface area contributed by atoms with Crippen LogP contribution >= 0.6 is 0 Å². The molecule has 2 aliphatic rings. The van der Waals surface area contributed by atoms with E-state index in [0.29, 0.717) is 6.54 Å². The maximum Gasteiger partial charge on any atom is 0.307 e. The standard InChI is InChI=1S/C25H23N3O3/c29-24(21-17-11-12-18(13-17)22(21)25(30)31)26-14-19-15-28(20-9-5-2-6-10-20)27-23(19)16-7-3-1-4-8-16/h1-12,15,17-18,21-22H,13-14H2,(H,26,29)(H,30,31)/t17-,18-,21+,22-/m0/s1. The highest BCUT2D eigenvalue weighted by Gasteiger charge is 2.51. The summed E-state index contributed by atoms with van der Waals surface area (Å²) in [6.07, 6.45) is 6.62. The molecule has 2 N–H and O–H groups in total. The van der Waals surface area contributed by atoms with Gasteiger partial charge in [0.15, 0.2) is 0 Å². The number of allylic oxidation sites excluding steroid dienone is 2. The van der Waals surface area contributed by atoms with Gasteiger partial charge in [-0.3, -0.25) is 9.59 Å². The lowest BCUT2D eigenvalue weighted by Gasteiger charge is -2.23. The average molecular weight is 413 g/mol. The first-order chi connectivity index (χ1) is 15.1. The van der Waals surface area contributed by atoms with Crippen LogP contribution in [-0.2, 0) is 16.1 Å². The molecule has 4 atom stereocenters. The molecule has 0 spiro atoms. The van der Waals surface area contributed by atoms with E-state index in [9.17, 15) is 14.7 Å². The number of carboxylic acid groups (broad SMARTS) is 1. The fourth-order valence-corrected chi connectivity index (χ4v) is 4.91. The Bertz CT molecular complexity index is 1140. The lowest BCUT2D eigenvalue weighted by Crippen LogP contribution is -2.39. The first-order valence-electron chi connectivity index (χ1n) is 10.5. The van der Waals surface area contributed by atoms with Gasteiger partial charge in [-0.1, -0.05) is 60.7 Å². The number of hydrogen-bond donors (Lipinski definition) is 2. The summed E-state index contributed by atoms with van der Waals surface area (Å²) in [4.78, 5) is 24.8. The second-order valence-electron chi connectivity index (χ2n) is 8.21. The Hall–Kier alpha value is -3.67. The summed E-state index contributed by atoms with van der Waals surface area (Å²) in [7, 11) is 0. The van der Waals surface area contributed by atoms with E-state index in [4.69, 9.17) is 5.10 Å². The quantitative estimate of drug-likeness (QED) is 0.604. The second-order valence-corrected chi connectivity index (χ2v) is 8.21. The monoisotopic (exact) mass is 413 g/mol. The Morgan fingerprint density at radius 2 is 1.61 bits per heavy atom. The van der Waals surface area contributed by atoms with Gasteiger partial charge in [0.2, 0.25) is 5.91 Å². The molecule has 6 nitrogen and oxygen atoms in total. The van der Waals surface area contributed by atoms with E-state index in [1.165, 1.54) is 0 Å². The lowest BCUT2D eigenvalue weighted by molar-refractivity contribution is -0.147. The van der Waals surface area contributed by atoms with Crippen LogP contribution in [0.5, 0.6) is 0 Å². The van der Waals surface area contributed by atoms with Crippen molar-refractivity contribution < 1.29 is 14.7 Å². The number of hydrogen-bond acceptors (Lipinski definition) is 3. The molecule has 0 radical (unpaired) electrons. The van der Waals surface area contributed by atoms with Gasteiger partial charge < -0.3 is 10.4 Å². The Morgan fingerprint density at radius 1 is 0.968 bits per heavy atom. The molecule has 0 saturated heterocycles. The second kappa shape index (κ2) is 7.87. The first-order valence-corrected chi connectivity index (χ1v) is 10.5. The summed E-state index contributed by atoms with van der Waals surface area (Å²) >= 11 is 0. The van der Waals surface area contributed by atoms with Crippen LogP contribution in [0, 0.1) is 23.7 Å². The van der Waals surface area contributed by atoms with E-state index < -0.39 is 17.8 Å². The van der Waals surface area contributed by atoms with Gasteiger partial charge in [-0.2, -0.15) is 5.10 Å². The number of fused-ring (bicyclic) bond motifs is 2. The number of carbonyl (C=O) groups excluding carboxylic acids is 1. The van der Waals surface area contributed by atoms with Gasteiger partial charge in [-0.25, -0.2) is 4.68 Å². The van der Waals surface area contributed by atoms with Crippen LogP contribution in [-0.4, -0.2) is 26.8 Å². The van der Waals surface area contributed by atoms with Crippen LogP contribution in [0.3, 0.4) is 0 Å². The van der Waals surface area contributed by atoms with Crippen LogP contribution in [0.2, 0.25) is 0 Å². The summed E-state index contributed by atoms with van der Waals surface area (Å²) < 4.78 is 1.81. The third-order valence-electron chi connectivity index (χ3n) is 6.36. The van der Waals surface area contributed by atoms with Crippen molar-refractivity contribution in [3.05, 3.63) is 84.6 Å². The molecule has 1 aromatic heterocycles. The SMILES string of the molecule is O=C(O)[C@@H]1[C@H](C(=O)NCc2cn(-c3ccccc3)nc2-c2ccccc2)[C@H]2C=C[C@H]1C2. The molecule has 2 aromatic carbocycles. The zero-order chi connectivity index (χ0) is 21.4. The predicted octanol–water partition coefficient (Wildman–Crippen LogP) is 3.68. The van der Waals surface area contributed by atoms with Crippen molar-refractivity contribution in [2.45, 2.75) is 13.0 Å². The highest BCUT2D eigenvalue weighted by Crippen LogP contribution is 2.48. The van der Waals surface area contributed by atoms with Gasteiger partial charge in [0.25, 0.3) is 0 Å². The smallest absolute Gasteiger partial charge is 0.307 e. The molecule has 0 unspecified atom stereocenters. The van der Waals surface area contributed by atoms with Crippen molar-refractivity contribution in [3.8, 4) is 16.9 Å². The van der Waals surface area contributed by atoms with E-state index in [1.54, 1.807) is 0 Å². The van der Waals surface area contributed by atoms with Gasteiger partial charge in [-0.05, 0) is 30.4 Å². The number of carboxylic acids is 1. The number of rotatable bonds is 6. The Kier molecular flexibility index (Phi) is 4.90. The minimum Gasteiger partial charge on any atom is -0.481 e. The van der Waals surface area contributed by atoms with Crippen molar-refractivity contribution in [1.82, 2.24) is 15.1 Å². The molecule has 6 heteroatoms. The number of aromatic nitrogens is 2. The number of benzene rings is 2. The molecule has 2 aliphatic carbocycles. The van der Waals surface area contributed by atoms with Gasteiger partial charge in [0.05, 0.1) is 23.2 Å². The molecule has 156 valence electrons. The molecular weight excluding hydrogens is 390 g/mol. The van der Waals surface area contributed by atoms with E-state index in [-0.39, 0.29) is 17.7 Å². The molecule has 2 bridgehead atoms. The zero-order valence-corrected chi connectivity index (χ0v) is 16.9. The number of amides is 1. The highest BCUT2D eigenvalue weighted by molar-refractivity contribution is 5.87. The fraction of sp³-hybridized carbons (Fsp3) is 0.240. The maximum absolute atomic E-state index is 13.0. The topological polar surface area (TPSA) is 84.2 Å². The first kappa shape index (κ1) is 19.3. The molecule has 1 heterocycles. The third-order valence-corrected chi connectivity index (χ3v) is 6.36. The summed E-state index contributed by atoms with van der Waals surface area (Å²) in [6, 6.07) is 19.7. The van der Waals surface area contributed by atoms with E-state index >= 15 is 0 Å². The normalized spacial score (nSPS) is 23.7. The molecular formula is C25H23N3O3. The van der Waals surface area contributed by atoms with Gasteiger partial charge >= 0.3 is 5.97 Å². The van der Waals surface area contributed by atoms with Gasteiger partial charge in [-0.15, -0.1) is 0 Å². The highest BCUT2D eigenvalue weighted by atomic mass is 16.4. The van der Waals surface area contributed by atoms with Gasteiger partial charge in [0, 0.05) is 23.9 Å². The summed E-state index contributed by atoms with van der Waals surface area (Å²) in [5.74, 6) is -2.28. The van der Waals surface area contributed by atoms with Crippen molar-refractivity contribution in [2.75, 3.05) is 0 Å². The fourth-order valence-electron chi connectivity index (χ4n) is 4.91. The minimum atomic E-state index is -0.890. The van der Waals surface area contributed by atoms with Crippen molar-refractivity contribution in [2.24, 2.45) is 23.7 Å². The predicted molar refractivity (Wildman–Crippen MR) is 116 cm³/mol. The Morgan fingerprint density at radius 3 is 2.29 bits per heavy atom. The van der Waals surface area contributed by atoms with Gasteiger partial charge in [0.1, 0.15) is 0 Å². The number of nitrogens with one attached hydrogen (secondary N) is 1. The molecule has 1 saturated carbocycles. The minimum absolute atomic E-state index is 0.00624. The van der Waals surface area contributed by atoms with Crippen LogP contribution in [0.15, 0.2) is 79.0 Å². The molecule has 1 fully saturated rings. The Labute approximate surface area is 180 Å². The molecule has 0 aliphatic heterocycles.